The van der Waals surface area contributed by atoms with E-state index in [1.807, 2.05) is 17.0 Å². The molecule has 1 spiro atoms. The molecule has 6 nitrogen and oxygen atoms in total. The van der Waals surface area contributed by atoms with Gasteiger partial charge in [0.15, 0.2) is 0 Å². The number of furan rings is 1. The van der Waals surface area contributed by atoms with Crippen LogP contribution in [0.15, 0.2) is 22.8 Å². The van der Waals surface area contributed by atoms with Crippen LogP contribution in [0.3, 0.4) is 0 Å². The highest BCUT2D eigenvalue weighted by atomic mass is 16.5. The minimum absolute atomic E-state index is 0.0504. The fraction of sp³-hybridized carbons (Fsp3) is 0.706. The van der Waals surface area contributed by atoms with E-state index in [4.69, 9.17) is 9.15 Å². The molecule has 1 atom stereocenters. The molecular formula is C17H27N3O3. The Bertz CT molecular complexity index is 521. The monoisotopic (exact) mass is 321 g/mol. The minimum atomic E-state index is -0.0504. The van der Waals surface area contributed by atoms with Gasteiger partial charge in [0.2, 0.25) is 0 Å². The van der Waals surface area contributed by atoms with Crippen LogP contribution >= 0.6 is 0 Å². The van der Waals surface area contributed by atoms with Crippen molar-refractivity contribution in [3.8, 4) is 0 Å². The summed E-state index contributed by atoms with van der Waals surface area (Å²) in [6.07, 6.45) is 4.61. The van der Waals surface area contributed by atoms with Crippen LogP contribution in [0.4, 0.5) is 4.79 Å². The number of ether oxygens (including phenoxy) is 1. The molecular weight excluding hydrogens is 294 g/mol. The second-order valence-electron chi connectivity index (χ2n) is 7.01. The zero-order valence-corrected chi connectivity index (χ0v) is 14.3. The molecule has 0 radical (unpaired) electrons. The number of nitrogens with zero attached hydrogens (tertiary/aromatic N) is 3. The molecule has 0 aromatic carbocycles. The molecule has 1 aromatic rings. The van der Waals surface area contributed by atoms with E-state index >= 15 is 0 Å². The number of amides is 2. The van der Waals surface area contributed by atoms with Gasteiger partial charge in [0.1, 0.15) is 5.76 Å². The van der Waals surface area contributed by atoms with E-state index < -0.39 is 0 Å². The quantitative estimate of drug-likeness (QED) is 0.854. The molecule has 0 bridgehead atoms. The third kappa shape index (κ3) is 3.53. The van der Waals surface area contributed by atoms with Crippen molar-refractivity contribution >= 4 is 6.03 Å². The molecule has 2 amide bonds. The Morgan fingerprint density at radius 3 is 2.70 bits per heavy atom. The Morgan fingerprint density at radius 1 is 1.35 bits per heavy atom. The molecule has 23 heavy (non-hydrogen) atoms. The van der Waals surface area contributed by atoms with Crippen molar-refractivity contribution in [2.45, 2.75) is 37.5 Å². The van der Waals surface area contributed by atoms with E-state index in [0.29, 0.717) is 6.04 Å². The first-order chi connectivity index (χ1) is 11.0. The maximum atomic E-state index is 12.0. The van der Waals surface area contributed by atoms with Crippen LogP contribution in [-0.2, 0) is 11.3 Å². The molecule has 3 heterocycles. The Hall–Kier alpha value is -1.53. The van der Waals surface area contributed by atoms with Crippen molar-refractivity contribution in [3.63, 3.8) is 0 Å². The number of hydrogen-bond donors (Lipinski definition) is 0. The van der Waals surface area contributed by atoms with Crippen LogP contribution < -0.4 is 0 Å². The number of likely N-dealkylation sites (tertiary alicyclic amines) is 1. The molecule has 3 rings (SSSR count). The van der Waals surface area contributed by atoms with E-state index in [9.17, 15) is 4.79 Å². The summed E-state index contributed by atoms with van der Waals surface area (Å²) in [5.41, 5.74) is -0.0504. The van der Waals surface area contributed by atoms with E-state index in [2.05, 4.69) is 11.9 Å². The number of carbonyl (C=O) groups is 1. The first-order valence-corrected chi connectivity index (χ1v) is 8.32. The number of hydrogen-bond acceptors (Lipinski definition) is 4. The molecule has 128 valence electrons. The van der Waals surface area contributed by atoms with Crippen molar-refractivity contribution in [1.29, 1.82) is 0 Å². The number of rotatable bonds is 3. The van der Waals surface area contributed by atoms with Crippen molar-refractivity contribution in [2.75, 3.05) is 40.8 Å². The van der Waals surface area contributed by atoms with E-state index in [1.54, 1.807) is 25.3 Å². The van der Waals surface area contributed by atoms with Gasteiger partial charge in [0, 0.05) is 33.2 Å². The summed E-state index contributed by atoms with van der Waals surface area (Å²) >= 11 is 0. The average Bonchev–Trinajstić information content (AvgIpc) is 3.18. The second kappa shape index (κ2) is 6.53. The highest BCUT2D eigenvalue weighted by Crippen LogP contribution is 2.37. The molecule has 0 saturated carbocycles. The predicted octanol–water partition coefficient (Wildman–Crippen LogP) is 2.02. The zero-order valence-electron chi connectivity index (χ0n) is 14.3. The third-order valence-corrected chi connectivity index (χ3v) is 5.13. The van der Waals surface area contributed by atoms with Crippen LogP contribution in [0, 0.1) is 0 Å². The average molecular weight is 321 g/mol. The second-order valence-corrected chi connectivity index (χ2v) is 7.01. The van der Waals surface area contributed by atoms with Crippen molar-refractivity contribution in [1.82, 2.24) is 14.7 Å². The zero-order chi connectivity index (χ0) is 16.4. The molecule has 0 N–H and O–H groups in total. The lowest BCUT2D eigenvalue weighted by atomic mass is 9.87. The lowest BCUT2D eigenvalue weighted by Gasteiger charge is -2.39. The number of carbonyl (C=O) groups excluding carboxylic acids is 1. The minimum Gasteiger partial charge on any atom is -0.468 e. The van der Waals surface area contributed by atoms with E-state index in [0.717, 1.165) is 51.3 Å². The van der Waals surface area contributed by atoms with Crippen molar-refractivity contribution < 1.29 is 13.9 Å². The van der Waals surface area contributed by atoms with Gasteiger partial charge in [-0.3, -0.25) is 4.90 Å². The van der Waals surface area contributed by atoms with Crippen molar-refractivity contribution in [3.05, 3.63) is 24.2 Å². The molecule has 0 aliphatic carbocycles. The van der Waals surface area contributed by atoms with Gasteiger partial charge < -0.3 is 19.0 Å². The highest BCUT2D eigenvalue weighted by Gasteiger charge is 2.44. The van der Waals surface area contributed by atoms with Crippen LogP contribution in [0.5, 0.6) is 0 Å². The van der Waals surface area contributed by atoms with Crippen LogP contribution in [-0.4, -0.2) is 73.2 Å². The van der Waals surface area contributed by atoms with Crippen LogP contribution in [0.25, 0.3) is 0 Å². The summed E-state index contributed by atoms with van der Waals surface area (Å²) in [6, 6.07) is 4.45. The molecule has 2 fully saturated rings. The molecule has 1 aromatic heterocycles. The Balaban J connectivity index is 1.52. The van der Waals surface area contributed by atoms with E-state index in [-0.39, 0.29) is 11.6 Å². The molecule has 2 aliphatic heterocycles. The molecule has 6 heteroatoms. The number of urea groups is 1. The van der Waals surface area contributed by atoms with Gasteiger partial charge in [-0.2, -0.15) is 0 Å². The Labute approximate surface area is 138 Å². The van der Waals surface area contributed by atoms with Gasteiger partial charge in [-0.25, -0.2) is 4.79 Å². The van der Waals surface area contributed by atoms with Crippen LogP contribution in [0.2, 0.25) is 0 Å². The summed E-state index contributed by atoms with van der Waals surface area (Å²) in [7, 11) is 5.73. The third-order valence-electron chi connectivity index (χ3n) is 5.13. The topological polar surface area (TPSA) is 49.2 Å². The standard InChI is InChI=1S/C17H27N3O3/c1-18(2)16(21)20-8-6-17(7-9-20)11-14(13-23-17)19(3)12-15-5-4-10-22-15/h4-5,10,14H,6-9,11-13H2,1-3H3/t14-/m0/s1. The number of piperidine rings is 1. The fourth-order valence-electron chi connectivity index (χ4n) is 3.62. The number of likely N-dealkylation sites (N-methyl/N-ethyl adjacent to an activating group) is 1. The summed E-state index contributed by atoms with van der Waals surface area (Å²) in [6.45, 7) is 3.14. The fourth-order valence-corrected chi connectivity index (χ4v) is 3.62. The van der Waals surface area contributed by atoms with Gasteiger partial charge in [-0.05, 0) is 38.4 Å². The summed E-state index contributed by atoms with van der Waals surface area (Å²) in [5, 5.41) is 0. The van der Waals surface area contributed by atoms with Crippen molar-refractivity contribution in [2.24, 2.45) is 0 Å². The SMILES string of the molecule is CN(C)C(=O)N1CCC2(CC1)C[C@H](N(C)Cc1ccco1)CO2. The molecule has 2 saturated heterocycles. The normalized spacial score (nSPS) is 23.7. The highest BCUT2D eigenvalue weighted by molar-refractivity contribution is 5.73. The van der Waals surface area contributed by atoms with Gasteiger partial charge in [0.05, 0.1) is 25.0 Å². The first kappa shape index (κ1) is 16.3. The van der Waals surface area contributed by atoms with E-state index in [1.165, 1.54) is 0 Å². The largest absolute Gasteiger partial charge is 0.468 e. The summed E-state index contributed by atoms with van der Waals surface area (Å²) in [5.74, 6) is 0.986. The molecule has 2 aliphatic rings. The van der Waals surface area contributed by atoms with Gasteiger partial charge in [0.25, 0.3) is 0 Å². The maximum Gasteiger partial charge on any atom is 0.319 e. The lowest BCUT2D eigenvalue weighted by Crippen LogP contribution is -2.49. The van der Waals surface area contributed by atoms with Gasteiger partial charge >= 0.3 is 6.03 Å². The Morgan fingerprint density at radius 2 is 2.09 bits per heavy atom. The smallest absolute Gasteiger partial charge is 0.319 e. The van der Waals surface area contributed by atoms with Crippen LogP contribution in [0.1, 0.15) is 25.0 Å². The van der Waals surface area contributed by atoms with Gasteiger partial charge in [-0.1, -0.05) is 0 Å². The summed E-state index contributed by atoms with van der Waals surface area (Å²) < 4.78 is 11.6. The predicted molar refractivity (Wildman–Crippen MR) is 87.2 cm³/mol. The molecule has 0 unspecified atom stereocenters. The lowest BCUT2D eigenvalue weighted by molar-refractivity contribution is -0.0381. The summed E-state index contributed by atoms with van der Waals surface area (Å²) in [4.78, 5) is 17.9. The van der Waals surface area contributed by atoms with Gasteiger partial charge in [-0.15, -0.1) is 0 Å². The Kier molecular flexibility index (Phi) is 4.64. The maximum absolute atomic E-state index is 12.0. The first-order valence-electron chi connectivity index (χ1n) is 8.32.